The number of hydrogen-bond acceptors (Lipinski definition) is 3. The summed E-state index contributed by atoms with van der Waals surface area (Å²) in [5, 5.41) is 10.6. The maximum atomic E-state index is 10.6. The van der Waals surface area contributed by atoms with Crippen molar-refractivity contribution in [1.82, 2.24) is 4.90 Å². The highest BCUT2D eigenvalue weighted by molar-refractivity contribution is 5.47. The molecule has 0 bridgehead atoms. The fraction of sp³-hybridized carbons (Fsp3) is 0.194. The van der Waals surface area contributed by atoms with Crippen LogP contribution < -0.4 is 4.74 Å². The van der Waals surface area contributed by atoms with E-state index in [4.69, 9.17) is 4.74 Å². The molecule has 0 aliphatic carbocycles. The lowest BCUT2D eigenvalue weighted by atomic mass is 9.73. The molecule has 0 spiro atoms. The number of rotatable bonds is 10. The minimum absolute atomic E-state index is 0.680. The highest BCUT2D eigenvalue weighted by Gasteiger charge is 2.35. The maximum Gasteiger partial charge on any atom is 0.118 e. The zero-order valence-electron chi connectivity index (χ0n) is 19.6. The Balaban J connectivity index is 1.65. The average molecular weight is 447 g/mol. The van der Waals surface area contributed by atoms with Crippen LogP contribution in [0, 0.1) is 11.3 Å². The Labute approximate surface area is 202 Å². The van der Waals surface area contributed by atoms with Crippen LogP contribution in [0.2, 0.25) is 0 Å². The zero-order valence-corrected chi connectivity index (χ0v) is 19.6. The largest absolute Gasteiger partial charge is 0.497 e. The lowest BCUT2D eigenvalue weighted by Gasteiger charge is -2.31. The van der Waals surface area contributed by atoms with Crippen LogP contribution in [-0.2, 0) is 18.5 Å². The summed E-state index contributed by atoms with van der Waals surface area (Å²) in [6.45, 7) is 2.43. The highest BCUT2D eigenvalue weighted by atomic mass is 16.5. The molecule has 0 amide bonds. The van der Waals surface area contributed by atoms with Crippen LogP contribution in [0.5, 0.6) is 5.75 Å². The van der Waals surface area contributed by atoms with Gasteiger partial charge in [-0.15, -0.1) is 0 Å². The topological polar surface area (TPSA) is 36.3 Å². The summed E-state index contributed by atoms with van der Waals surface area (Å²) in [5.41, 5.74) is 3.79. The minimum atomic E-state index is -0.751. The van der Waals surface area contributed by atoms with Crippen LogP contribution >= 0.6 is 0 Å². The van der Waals surface area contributed by atoms with Crippen molar-refractivity contribution in [3.05, 3.63) is 138 Å². The van der Waals surface area contributed by atoms with Crippen molar-refractivity contribution in [2.75, 3.05) is 13.7 Å². The summed E-state index contributed by atoms with van der Waals surface area (Å²) in [4.78, 5) is 2.43. The number of hydrogen-bond donors (Lipinski definition) is 0. The second-order valence-electron chi connectivity index (χ2n) is 8.54. The van der Waals surface area contributed by atoms with Gasteiger partial charge in [-0.25, -0.2) is 0 Å². The third-order valence-corrected chi connectivity index (χ3v) is 6.34. The lowest BCUT2D eigenvalue weighted by Crippen LogP contribution is -2.33. The van der Waals surface area contributed by atoms with Crippen molar-refractivity contribution in [2.24, 2.45) is 0 Å². The molecule has 0 saturated heterocycles. The fourth-order valence-electron chi connectivity index (χ4n) is 4.46. The summed E-state index contributed by atoms with van der Waals surface area (Å²) in [6, 6.07) is 41.8. The second-order valence-corrected chi connectivity index (χ2v) is 8.54. The highest BCUT2D eigenvalue weighted by Crippen LogP contribution is 2.36. The van der Waals surface area contributed by atoms with Gasteiger partial charge in [0.15, 0.2) is 0 Å². The molecule has 0 saturated carbocycles. The van der Waals surface area contributed by atoms with Crippen LogP contribution in [0.4, 0.5) is 0 Å². The van der Waals surface area contributed by atoms with E-state index in [1.54, 1.807) is 7.11 Å². The summed E-state index contributed by atoms with van der Waals surface area (Å²) < 4.78 is 5.36. The van der Waals surface area contributed by atoms with Crippen molar-refractivity contribution in [2.45, 2.75) is 24.9 Å². The van der Waals surface area contributed by atoms with Crippen LogP contribution in [-0.4, -0.2) is 18.6 Å². The molecule has 4 rings (SSSR count). The monoisotopic (exact) mass is 446 g/mol. The molecule has 3 nitrogen and oxygen atoms in total. The van der Waals surface area contributed by atoms with Crippen LogP contribution in [0.15, 0.2) is 115 Å². The summed E-state index contributed by atoms with van der Waals surface area (Å²) in [5.74, 6) is 0.790. The van der Waals surface area contributed by atoms with Gasteiger partial charge in [0.05, 0.1) is 13.2 Å². The molecule has 1 atom stereocenters. The molecule has 0 radical (unpaired) electrons. The normalized spacial score (nSPS) is 12.6. The van der Waals surface area contributed by atoms with Gasteiger partial charge in [0.1, 0.15) is 11.2 Å². The van der Waals surface area contributed by atoms with E-state index in [1.165, 1.54) is 11.1 Å². The number of methoxy groups -OCH3 is 1. The maximum absolute atomic E-state index is 10.6. The van der Waals surface area contributed by atoms with E-state index in [0.29, 0.717) is 6.42 Å². The lowest BCUT2D eigenvalue weighted by molar-refractivity contribution is 0.242. The third kappa shape index (κ3) is 5.54. The molecule has 4 aromatic rings. The molecular formula is C31H30N2O. The number of nitriles is 1. The first kappa shape index (κ1) is 23.3. The van der Waals surface area contributed by atoms with Gasteiger partial charge in [-0.2, -0.15) is 5.26 Å². The summed E-state index contributed by atoms with van der Waals surface area (Å²) in [7, 11) is 1.66. The number of ether oxygens (including phenoxy) is 1. The fourth-order valence-corrected chi connectivity index (χ4v) is 4.46. The first-order chi connectivity index (χ1) is 16.7. The second kappa shape index (κ2) is 11.3. The predicted molar refractivity (Wildman–Crippen MR) is 137 cm³/mol. The number of benzene rings is 4. The van der Waals surface area contributed by atoms with Crippen molar-refractivity contribution < 1.29 is 4.74 Å². The Kier molecular flexibility index (Phi) is 7.75. The zero-order chi connectivity index (χ0) is 23.6. The Morgan fingerprint density at radius 1 is 0.676 bits per heavy atom. The van der Waals surface area contributed by atoms with Crippen LogP contribution in [0.25, 0.3) is 0 Å². The molecule has 4 aromatic carbocycles. The van der Waals surface area contributed by atoms with Gasteiger partial charge in [-0.05, 0) is 40.8 Å². The van der Waals surface area contributed by atoms with Crippen LogP contribution in [0.1, 0.15) is 28.7 Å². The Bertz CT molecular complexity index is 1140. The Morgan fingerprint density at radius 3 is 1.62 bits per heavy atom. The standard InChI is InChI=1S/C31H30N2O/c1-34-30-19-17-29(18-20-30)31(25-32,28-15-9-4-10-16-28)21-22-33(23-26-11-5-2-6-12-26)24-27-13-7-3-8-14-27/h2-20H,21-24H2,1H3. The first-order valence-electron chi connectivity index (χ1n) is 11.6. The SMILES string of the molecule is COc1ccc(C(C#N)(CCN(Cc2ccccc2)Cc2ccccc2)c2ccccc2)cc1. The molecule has 3 heteroatoms. The third-order valence-electron chi connectivity index (χ3n) is 6.34. The molecule has 0 fully saturated rings. The molecular weight excluding hydrogens is 416 g/mol. The number of nitrogens with zero attached hydrogens (tertiary/aromatic N) is 2. The van der Waals surface area contributed by atoms with Crippen molar-refractivity contribution in [3.63, 3.8) is 0 Å². The van der Waals surface area contributed by atoms with E-state index < -0.39 is 5.41 Å². The van der Waals surface area contributed by atoms with Gasteiger partial charge in [0.2, 0.25) is 0 Å². The minimum Gasteiger partial charge on any atom is -0.497 e. The Hall–Kier alpha value is -3.87. The molecule has 1 unspecified atom stereocenters. The Morgan fingerprint density at radius 2 is 1.15 bits per heavy atom. The molecule has 0 aromatic heterocycles. The van der Waals surface area contributed by atoms with Gasteiger partial charge in [0, 0.05) is 19.6 Å². The molecule has 0 aliphatic heterocycles. The smallest absolute Gasteiger partial charge is 0.118 e. The average Bonchev–Trinajstić information content (AvgIpc) is 2.91. The van der Waals surface area contributed by atoms with E-state index in [2.05, 4.69) is 71.6 Å². The van der Waals surface area contributed by atoms with E-state index in [-0.39, 0.29) is 0 Å². The first-order valence-corrected chi connectivity index (χ1v) is 11.6. The molecule has 0 heterocycles. The summed E-state index contributed by atoms with van der Waals surface area (Å²) >= 11 is 0. The van der Waals surface area contributed by atoms with Gasteiger partial charge in [0.25, 0.3) is 0 Å². The predicted octanol–water partition coefficient (Wildman–Crippen LogP) is 6.60. The van der Waals surface area contributed by atoms with Crippen LogP contribution in [0.3, 0.4) is 0 Å². The van der Waals surface area contributed by atoms with E-state index in [9.17, 15) is 5.26 Å². The molecule has 170 valence electrons. The van der Waals surface area contributed by atoms with E-state index in [0.717, 1.165) is 36.5 Å². The summed E-state index contributed by atoms with van der Waals surface area (Å²) in [6.07, 6.45) is 0.680. The van der Waals surface area contributed by atoms with Crippen molar-refractivity contribution in [1.29, 1.82) is 5.26 Å². The molecule has 34 heavy (non-hydrogen) atoms. The quantitative estimate of drug-likeness (QED) is 0.275. The van der Waals surface area contributed by atoms with Crippen molar-refractivity contribution >= 4 is 0 Å². The van der Waals surface area contributed by atoms with E-state index >= 15 is 0 Å². The molecule has 0 N–H and O–H groups in total. The van der Waals surface area contributed by atoms with E-state index in [1.807, 2.05) is 54.6 Å². The van der Waals surface area contributed by atoms with Gasteiger partial charge < -0.3 is 4.74 Å². The van der Waals surface area contributed by atoms with Gasteiger partial charge >= 0.3 is 0 Å². The molecule has 0 aliphatic rings. The van der Waals surface area contributed by atoms with Crippen molar-refractivity contribution in [3.8, 4) is 11.8 Å². The van der Waals surface area contributed by atoms with Gasteiger partial charge in [-0.3, -0.25) is 4.90 Å². The van der Waals surface area contributed by atoms with Gasteiger partial charge in [-0.1, -0.05) is 103 Å².